The topological polar surface area (TPSA) is 140 Å². The fourth-order valence-electron chi connectivity index (χ4n) is 12.8. The van der Waals surface area contributed by atoms with Gasteiger partial charge in [0.2, 0.25) is 5.91 Å². The first-order valence-corrected chi connectivity index (χ1v) is 27.0. The van der Waals surface area contributed by atoms with E-state index in [1.165, 1.54) is 22.4 Å². The molecule has 5 fully saturated rings. The van der Waals surface area contributed by atoms with Crippen LogP contribution in [-0.2, 0) is 36.8 Å². The lowest BCUT2D eigenvalue weighted by Crippen LogP contribution is -2.63. The number of esters is 1. The molecular formula is C55H77F3N10O5. The minimum Gasteiger partial charge on any atom is -0.464 e. The number of pyridine rings is 1. The Labute approximate surface area is 428 Å². The monoisotopic (exact) mass is 1010 g/mol. The Morgan fingerprint density at radius 1 is 1.01 bits per heavy atom. The van der Waals surface area contributed by atoms with Gasteiger partial charge in [-0.3, -0.25) is 39.1 Å². The van der Waals surface area contributed by atoms with Crippen LogP contribution in [0.1, 0.15) is 102 Å². The van der Waals surface area contributed by atoms with E-state index in [-0.39, 0.29) is 42.7 Å². The van der Waals surface area contributed by atoms with Crippen molar-refractivity contribution < 1.29 is 37.0 Å². The smallest absolute Gasteiger partial charge is 0.406 e. The molecule has 6 bridgehead atoms. The molecule has 1 aromatic carbocycles. The fourth-order valence-corrected chi connectivity index (χ4v) is 12.8. The van der Waals surface area contributed by atoms with E-state index in [9.17, 15) is 14.4 Å². The van der Waals surface area contributed by atoms with E-state index in [2.05, 4.69) is 55.6 Å². The van der Waals surface area contributed by atoms with Gasteiger partial charge < -0.3 is 29.6 Å². The molecule has 1 saturated carbocycles. The van der Waals surface area contributed by atoms with E-state index in [4.69, 9.17) is 14.5 Å². The van der Waals surface area contributed by atoms with Crippen LogP contribution in [0.15, 0.2) is 36.5 Å². The molecule has 6 atom stereocenters. The molecule has 18 heteroatoms. The highest BCUT2D eigenvalue weighted by molar-refractivity contribution is 5.95. The number of anilines is 1. The minimum atomic E-state index is -4.57. The molecular weight excluding hydrogens is 938 g/mol. The van der Waals surface area contributed by atoms with Gasteiger partial charge in [0.1, 0.15) is 18.6 Å². The summed E-state index contributed by atoms with van der Waals surface area (Å²) in [7, 11) is 1.59. The molecule has 15 nitrogen and oxygen atoms in total. The normalized spacial score (nSPS) is 27.6. The number of hydrazine groups is 1. The molecule has 1 aliphatic carbocycles. The number of fused-ring (bicyclic) bond motifs is 6. The lowest BCUT2D eigenvalue weighted by atomic mass is 9.84. The van der Waals surface area contributed by atoms with Crippen LogP contribution in [0.3, 0.4) is 0 Å². The van der Waals surface area contributed by atoms with Crippen molar-refractivity contribution in [1.29, 1.82) is 0 Å². The van der Waals surface area contributed by atoms with Gasteiger partial charge in [-0.1, -0.05) is 39.8 Å². The van der Waals surface area contributed by atoms with Crippen LogP contribution in [-0.4, -0.2) is 170 Å². The maximum atomic E-state index is 15.1. The number of nitrogens with zero attached hydrogens (tertiary/aromatic N) is 7. The maximum Gasteiger partial charge on any atom is 0.406 e. The predicted molar refractivity (Wildman–Crippen MR) is 275 cm³/mol. The molecule has 2 amide bonds. The van der Waals surface area contributed by atoms with Crippen molar-refractivity contribution in [2.45, 2.75) is 129 Å². The number of halogens is 3. The van der Waals surface area contributed by atoms with Crippen LogP contribution in [0.4, 0.5) is 18.9 Å². The van der Waals surface area contributed by atoms with Gasteiger partial charge in [0.15, 0.2) is 0 Å². The predicted octanol–water partition coefficient (Wildman–Crippen LogP) is 6.16. The summed E-state index contributed by atoms with van der Waals surface area (Å²) in [5, 5.41) is 8.94. The molecule has 8 heterocycles. The minimum absolute atomic E-state index is 0.00545. The summed E-state index contributed by atoms with van der Waals surface area (Å²) < 4.78 is 58.9. The Kier molecular flexibility index (Phi) is 14.8. The van der Waals surface area contributed by atoms with Crippen molar-refractivity contribution in [3.8, 4) is 11.3 Å². The van der Waals surface area contributed by atoms with E-state index >= 15 is 13.2 Å². The van der Waals surface area contributed by atoms with Crippen molar-refractivity contribution in [3.05, 3.63) is 53.4 Å². The summed E-state index contributed by atoms with van der Waals surface area (Å²) in [4.78, 5) is 57.9. The first kappa shape index (κ1) is 51.9. The van der Waals surface area contributed by atoms with Gasteiger partial charge in [-0.05, 0) is 118 Å². The average molecular weight is 1020 g/mol. The lowest BCUT2D eigenvalue weighted by molar-refractivity contribution is -0.155. The molecule has 3 N–H and O–H groups in total. The first-order valence-electron chi connectivity index (χ1n) is 27.0. The number of rotatable bonds is 10. The summed E-state index contributed by atoms with van der Waals surface area (Å²) in [5.41, 5.74) is 7.98. The number of alkyl halides is 3. The van der Waals surface area contributed by atoms with Crippen molar-refractivity contribution in [1.82, 2.24) is 45.3 Å². The van der Waals surface area contributed by atoms with E-state index < -0.39 is 48.3 Å². The second kappa shape index (κ2) is 20.9. The number of hydrogen-bond donors (Lipinski definition) is 3. The fraction of sp³-hybridized carbons (Fsp3) is 0.673. The molecule has 4 saturated heterocycles. The summed E-state index contributed by atoms with van der Waals surface area (Å²) in [6.07, 6.45) is 5.39. The summed E-state index contributed by atoms with van der Waals surface area (Å²) in [5.74, 6) is -1.01. The van der Waals surface area contributed by atoms with Crippen molar-refractivity contribution in [2.24, 2.45) is 16.7 Å². The van der Waals surface area contributed by atoms with E-state index in [0.29, 0.717) is 78.4 Å². The van der Waals surface area contributed by atoms with Crippen LogP contribution >= 0.6 is 0 Å². The number of carbonyl (C=O) groups excluding carboxylic acids is 3. The van der Waals surface area contributed by atoms with Gasteiger partial charge in [-0.15, -0.1) is 0 Å². The Hall–Kier alpha value is -4.59. The molecule has 2 aromatic heterocycles. The highest BCUT2D eigenvalue weighted by Crippen LogP contribution is 2.44. The SMILES string of the molecule is CO[C@@H](C)c1ncc(N2CCN(C3CC3)CC2)cc1-c1c2c3cc(ccc3n1CC(F)(F)F)C1=CCCN(C1)C[C@H](NC(=O)[C@H](C(C)C)N1CC[C@]3(CCNC3)C1)C(=O)N1CCC[C@H](N1)C(=O)OCC(C)(C)C2. The van der Waals surface area contributed by atoms with Gasteiger partial charge in [0, 0.05) is 100 Å². The number of aromatic nitrogens is 2. The molecule has 1 unspecified atom stereocenters. The standard InChI is InChI=1S/C55H77F3N10O5/c1-35(2)48(66-20-16-54(32-66)15-17-59-31-54)50(69)61-45-30-63-18-7-9-38(29-63)37-11-14-46-41(25-37)43(27-53(4,5)34-73-52(71)44-10-8-19-68(62-44)51(45)70)49(67(46)33-55(56,57)58)42-26-40(28-60-47(42)36(3)72-6)65-23-21-64(22-24-65)39-12-13-39/h9,11,14,25-26,28,35-36,39,44-45,48,59,62H,7-8,10,12-13,15-24,27,29-34H2,1-6H3,(H,61,69)/t36-,44-,45-,48-,54-/m0/s1. The average Bonchev–Trinajstić information content (AvgIpc) is 3.90. The summed E-state index contributed by atoms with van der Waals surface area (Å²) >= 11 is 0. The van der Waals surface area contributed by atoms with Gasteiger partial charge in [-0.25, -0.2) is 5.43 Å². The zero-order chi connectivity index (χ0) is 51.4. The molecule has 0 radical (unpaired) electrons. The first-order chi connectivity index (χ1) is 34.9. The highest BCUT2D eigenvalue weighted by Gasteiger charge is 2.46. The second-order valence-corrected chi connectivity index (χ2v) is 23.4. The number of piperazine rings is 1. The quantitative estimate of drug-likeness (QED) is 0.201. The van der Waals surface area contributed by atoms with Crippen LogP contribution < -0.4 is 21.0 Å². The number of likely N-dealkylation sites (tertiary alicyclic amines) is 1. The molecule has 6 aliphatic heterocycles. The molecule has 1 spiro atoms. The number of methoxy groups -OCH3 is 1. The Balaban J connectivity index is 1.04. The number of cyclic esters (lactones) is 1. The summed E-state index contributed by atoms with van der Waals surface area (Å²) in [6, 6.07) is 6.23. The zero-order valence-electron chi connectivity index (χ0n) is 43.8. The van der Waals surface area contributed by atoms with E-state index in [0.717, 1.165) is 82.0 Å². The molecule has 10 rings (SSSR count). The molecule has 398 valence electrons. The second-order valence-electron chi connectivity index (χ2n) is 23.4. The number of ether oxygens (including phenoxy) is 2. The third kappa shape index (κ3) is 11.2. The molecule has 3 aromatic rings. The number of carbonyl (C=O) groups is 3. The number of amides is 2. The van der Waals surface area contributed by atoms with Gasteiger partial charge in [0.05, 0.1) is 42.0 Å². The number of hydrogen-bond acceptors (Lipinski definition) is 12. The number of benzene rings is 1. The van der Waals surface area contributed by atoms with Crippen LogP contribution in [0.25, 0.3) is 27.7 Å². The third-order valence-corrected chi connectivity index (χ3v) is 16.9. The van der Waals surface area contributed by atoms with Crippen molar-refractivity contribution >= 4 is 39.9 Å². The van der Waals surface area contributed by atoms with Gasteiger partial charge in [0.25, 0.3) is 5.91 Å². The van der Waals surface area contributed by atoms with Crippen molar-refractivity contribution in [3.63, 3.8) is 0 Å². The van der Waals surface area contributed by atoms with E-state index in [1.807, 2.05) is 51.2 Å². The van der Waals surface area contributed by atoms with Crippen LogP contribution in [0.5, 0.6) is 0 Å². The van der Waals surface area contributed by atoms with Crippen LogP contribution in [0.2, 0.25) is 0 Å². The molecule has 73 heavy (non-hydrogen) atoms. The lowest BCUT2D eigenvalue weighted by Gasteiger charge is -2.38. The Bertz CT molecular complexity index is 2560. The van der Waals surface area contributed by atoms with E-state index in [1.54, 1.807) is 7.11 Å². The highest BCUT2D eigenvalue weighted by atomic mass is 19.4. The zero-order valence-corrected chi connectivity index (χ0v) is 43.8. The number of nitrogens with one attached hydrogen (secondary N) is 3. The largest absolute Gasteiger partial charge is 0.464 e. The van der Waals surface area contributed by atoms with Crippen molar-refractivity contribution in [2.75, 3.05) is 97.2 Å². The maximum absolute atomic E-state index is 15.1. The summed E-state index contributed by atoms with van der Waals surface area (Å²) in [6.45, 7) is 17.3. The van der Waals surface area contributed by atoms with Crippen LogP contribution in [0, 0.1) is 16.7 Å². The van der Waals surface area contributed by atoms with Gasteiger partial charge in [-0.2, -0.15) is 13.2 Å². The Morgan fingerprint density at radius 2 is 1.81 bits per heavy atom. The Morgan fingerprint density at radius 3 is 2.52 bits per heavy atom. The van der Waals surface area contributed by atoms with Gasteiger partial charge >= 0.3 is 12.1 Å². The molecule has 7 aliphatic rings. The third-order valence-electron chi connectivity index (χ3n) is 16.9.